The van der Waals surface area contributed by atoms with Crippen LogP contribution >= 0.6 is 0 Å². The second kappa shape index (κ2) is 4.96. The molecule has 1 rings (SSSR count). The van der Waals surface area contributed by atoms with Gasteiger partial charge in [-0.3, -0.25) is 0 Å². The second-order valence-electron chi connectivity index (χ2n) is 5.22. The van der Waals surface area contributed by atoms with Crippen molar-refractivity contribution in [2.75, 3.05) is 0 Å². The van der Waals surface area contributed by atoms with Gasteiger partial charge in [0.25, 0.3) is 0 Å². The highest BCUT2D eigenvalue weighted by atomic mass is 19.1. The molecule has 1 unspecified atom stereocenters. The number of nitrogens with two attached hydrogens (primary N) is 1. The van der Waals surface area contributed by atoms with E-state index in [2.05, 4.69) is 20.8 Å². The van der Waals surface area contributed by atoms with Crippen LogP contribution in [0.4, 0.5) is 4.39 Å². The van der Waals surface area contributed by atoms with Crippen molar-refractivity contribution < 1.29 is 4.39 Å². The number of aryl methyl sites for hydroxylation is 1. The molecular formula is C14H22FN. The first-order valence-corrected chi connectivity index (χ1v) is 5.87. The van der Waals surface area contributed by atoms with Crippen LogP contribution in [0.15, 0.2) is 18.2 Å². The van der Waals surface area contributed by atoms with Gasteiger partial charge in [-0.05, 0) is 48.4 Å². The Balaban J connectivity index is 2.84. The highest BCUT2D eigenvalue weighted by Gasteiger charge is 2.24. The van der Waals surface area contributed by atoms with Crippen LogP contribution in [0.2, 0.25) is 0 Å². The van der Waals surface area contributed by atoms with Crippen LogP contribution in [0.25, 0.3) is 0 Å². The van der Waals surface area contributed by atoms with Crippen molar-refractivity contribution >= 4 is 0 Å². The lowest BCUT2D eigenvalue weighted by atomic mass is 9.79. The average molecular weight is 223 g/mol. The summed E-state index contributed by atoms with van der Waals surface area (Å²) in [6.45, 7) is 8.46. The van der Waals surface area contributed by atoms with Crippen LogP contribution in [0.3, 0.4) is 0 Å². The van der Waals surface area contributed by atoms with E-state index in [1.54, 1.807) is 6.07 Å². The zero-order valence-corrected chi connectivity index (χ0v) is 10.7. The molecule has 0 fully saturated rings. The molecule has 0 amide bonds. The van der Waals surface area contributed by atoms with Gasteiger partial charge in [-0.25, -0.2) is 4.39 Å². The van der Waals surface area contributed by atoms with E-state index in [0.717, 1.165) is 24.0 Å². The minimum Gasteiger partial charge on any atom is -0.327 e. The standard InChI is InChI=1S/C14H22FN/c1-5-14(3,4)13(16)9-11-8-12(15)7-6-10(11)2/h6-8,13H,5,9,16H2,1-4H3. The Morgan fingerprint density at radius 3 is 2.56 bits per heavy atom. The minimum atomic E-state index is -0.179. The van der Waals surface area contributed by atoms with E-state index >= 15 is 0 Å². The van der Waals surface area contributed by atoms with E-state index in [1.807, 2.05) is 13.0 Å². The van der Waals surface area contributed by atoms with Crippen molar-refractivity contribution in [1.29, 1.82) is 0 Å². The first kappa shape index (κ1) is 13.2. The van der Waals surface area contributed by atoms with Crippen molar-refractivity contribution in [1.82, 2.24) is 0 Å². The zero-order valence-electron chi connectivity index (χ0n) is 10.7. The van der Waals surface area contributed by atoms with E-state index in [1.165, 1.54) is 6.07 Å². The highest BCUT2D eigenvalue weighted by Crippen LogP contribution is 2.26. The van der Waals surface area contributed by atoms with Gasteiger partial charge in [0.2, 0.25) is 0 Å². The molecule has 0 saturated carbocycles. The first-order valence-electron chi connectivity index (χ1n) is 5.87. The normalized spacial score (nSPS) is 13.9. The summed E-state index contributed by atoms with van der Waals surface area (Å²) in [7, 11) is 0. The maximum absolute atomic E-state index is 13.1. The molecule has 0 heterocycles. The molecule has 0 spiro atoms. The Morgan fingerprint density at radius 1 is 1.38 bits per heavy atom. The minimum absolute atomic E-state index is 0.0676. The SMILES string of the molecule is CCC(C)(C)C(N)Cc1cc(F)ccc1C. The maximum atomic E-state index is 13.1. The summed E-state index contributed by atoms with van der Waals surface area (Å²) in [5.74, 6) is -0.179. The fourth-order valence-electron chi connectivity index (χ4n) is 1.64. The molecule has 2 N–H and O–H groups in total. The van der Waals surface area contributed by atoms with Gasteiger partial charge in [-0.1, -0.05) is 26.8 Å². The van der Waals surface area contributed by atoms with Gasteiger partial charge < -0.3 is 5.73 Å². The van der Waals surface area contributed by atoms with E-state index in [-0.39, 0.29) is 17.3 Å². The molecule has 0 aliphatic rings. The molecule has 2 heteroatoms. The molecule has 0 aliphatic carbocycles. The summed E-state index contributed by atoms with van der Waals surface area (Å²) in [6, 6.07) is 4.98. The Bertz CT molecular complexity index is 358. The van der Waals surface area contributed by atoms with Crippen molar-refractivity contribution in [2.45, 2.75) is 46.6 Å². The molecule has 1 aromatic carbocycles. The van der Waals surface area contributed by atoms with Crippen LogP contribution in [-0.2, 0) is 6.42 Å². The summed E-state index contributed by atoms with van der Waals surface area (Å²) < 4.78 is 13.1. The monoisotopic (exact) mass is 223 g/mol. The second-order valence-corrected chi connectivity index (χ2v) is 5.22. The Hall–Kier alpha value is -0.890. The molecule has 1 aromatic rings. The van der Waals surface area contributed by atoms with E-state index < -0.39 is 0 Å². The van der Waals surface area contributed by atoms with Gasteiger partial charge in [-0.2, -0.15) is 0 Å². The van der Waals surface area contributed by atoms with Crippen LogP contribution in [0.1, 0.15) is 38.3 Å². The van der Waals surface area contributed by atoms with Gasteiger partial charge in [0, 0.05) is 6.04 Å². The van der Waals surface area contributed by atoms with Crippen molar-refractivity contribution in [3.05, 3.63) is 35.1 Å². The van der Waals surface area contributed by atoms with Gasteiger partial charge in [-0.15, -0.1) is 0 Å². The molecule has 0 saturated heterocycles. The third kappa shape index (κ3) is 3.05. The Kier molecular flexibility index (Phi) is 4.09. The third-order valence-electron chi connectivity index (χ3n) is 3.67. The van der Waals surface area contributed by atoms with E-state index in [9.17, 15) is 4.39 Å². The topological polar surface area (TPSA) is 26.0 Å². The lowest BCUT2D eigenvalue weighted by molar-refractivity contribution is 0.272. The quantitative estimate of drug-likeness (QED) is 0.831. The first-order chi connectivity index (χ1) is 7.36. The molecule has 16 heavy (non-hydrogen) atoms. The molecule has 0 bridgehead atoms. The number of benzene rings is 1. The Morgan fingerprint density at radius 2 is 2.00 bits per heavy atom. The summed E-state index contributed by atoms with van der Waals surface area (Å²) in [6.07, 6.45) is 1.77. The summed E-state index contributed by atoms with van der Waals surface area (Å²) in [5.41, 5.74) is 8.42. The fraction of sp³-hybridized carbons (Fsp3) is 0.571. The summed E-state index contributed by atoms with van der Waals surface area (Å²) >= 11 is 0. The Labute approximate surface area is 97.9 Å². The highest BCUT2D eigenvalue weighted by molar-refractivity contribution is 5.27. The van der Waals surface area contributed by atoms with Gasteiger partial charge in [0.05, 0.1) is 0 Å². The smallest absolute Gasteiger partial charge is 0.123 e. The lowest BCUT2D eigenvalue weighted by Crippen LogP contribution is -2.38. The van der Waals surface area contributed by atoms with Gasteiger partial charge in [0.15, 0.2) is 0 Å². The molecule has 90 valence electrons. The molecule has 1 atom stereocenters. The summed E-state index contributed by atoms with van der Waals surface area (Å²) in [5, 5.41) is 0. The van der Waals surface area contributed by atoms with Gasteiger partial charge in [0.1, 0.15) is 5.82 Å². The van der Waals surface area contributed by atoms with E-state index in [4.69, 9.17) is 5.73 Å². The molecule has 0 radical (unpaired) electrons. The predicted octanol–water partition coefficient (Wildman–Crippen LogP) is 3.44. The lowest BCUT2D eigenvalue weighted by Gasteiger charge is -2.30. The largest absolute Gasteiger partial charge is 0.327 e. The van der Waals surface area contributed by atoms with Crippen molar-refractivity contribution in [3.8, 4) is 0 Å². The molecule has 1 nitrogen and oxygen atoms in total. The molecular weight excluding hydrogens is 201 g/mol. The number of halogens is 1. The molecule has 0 aliphatic heterocycles. The van der Waals surface area contributed by atoms with Crippen LogP contribution in [-0.4, -0.2) is 6.04 Å². The van der Waals surface area contributed by atoms with Crippen LogP contribution in [0, 0.1) is 18.2 Å². The van der Waals surface area contributed by atoms with Crippen LogP contribution < -0.4 is 5.73 Å². The zero-order chi connectivity index (χ0) is 12.3. The predicted molar refractivity (Wildman–Crippen MR) is 66.9 cm³/mol. The fourth-order valence-corrected chi connectivity index (χ4v) is 1.64. The molecule has 0 aromatic heterocycles. The summed E-state index contributed by atoms with van der Waals surface area (Å²) in [4.78, 5) is 0. The van der Waals surface area contributed by atoms with Crippen molar-refractivity contribution in [2.24, 2.45) is 11.1 Å². The van der Waals surface area contributed by atoms with Crippen LogP contribution in [0.5, 0.6) is 0 Å². The number of hydrogen-bond donors (Lipinski definition) is 1. The number of hydrogen-bond acceptors (Lipinski definition) is 1. The number of rotatable bonds is 4. The van der Waals surface area contributed by atoms with Gasteiger partial charge >= 0.3 is 0 Å². The third-order valence-corrected chi connectivity index (χ3v) is 3.67. The van der Waals surface area contributed by atoms with Crippen molar-refractivity contribution in [3.63, 3.8) is 0 Å². The maximum Gasteiger partial charge on any atom is 0.123 e. The average Bonchev–Trinajstić information content (AvgIpc) is 2.23. The van der Waals surface area contributed by atoms with E-state index in [0.29, 0.717) is 0 Å².